The van der Waals surface area contributed by atoms with E-state index in [2.05, 4.69) is 26.3 Å². The predicted octanol–water partition coefficient (Wildman–Crippen LogP) is 4.06. The number of esters is 1. The summed E-state index contributed by atoms with van der Waals surface area (Å²) in [7, 11) is 1.51. The highest BCUT2D eigenvalue weighted by molar-refractivity contribution is 9.10. The van der Waals surface area contributed by atoms with Crippen LogP contribution in [0.2, 0.25) is 0 Å². The number of amides is 1. The van der Waals surface area contributed by atoms with Crippen molar-refractivity contribution in [1.29, 1.82) is 0 Å². The van der Waals surface area contributed by atoms with Gasteiger partial charge in [0, 0.05) is 4.47 Å². The lowest BCUT2D eigenvalue weighted by molar-refractivity contribution is -0.119. The Morgan fingerprint density at radius 2 is 1.86 bits per heavy atom. The Balaban J connectivity index is 1.67. The maximum Gasteiger partial charge on any atom is 0.339 e. The van der Waals surface area contributed by atoms with Gasteiger partial charge in [0.1, 0.15) is 5.75 Å². The van der Waals surface area contributed by atoms with Crippen LogP contribution in [0.15, 0.2) is 53.0 Å². The van der Waals surface area contributed by atoms with Crippen LogP contribution in [0, 0.1) is 13.8 Å². The highest BCUT2D eigenvalue weighted by atomic mass is 79.9. The number of methoxy groups -OCH3 is 1. The molecule has 0 unspecified atom stereocenters. The molecule has 0 aliphatic carbocycles. The van der Waals surface area contributed by atoms with E-state index in [4.69, 9.17) is 9.47 Å². The predicted molar refractivity (Wildman–Crippen MR) is 113 cm³/mol. The third-order valence-corrected chi connectivity index (χ3v) is 4.98. The number of aryl methyl sites for hydroxylation is 1. The Morgan fingerprint density at radius 3 is 2.55 bits per heavy atom. The fourth-order valence-electron chi connectivity index (χ4n) is 2.82. The van der Waals surface area contributed by atoms with Gasteiger partial charge in [-0.15, -0.1) is 0 Å². The number of para-hydroxylation sites is 1. The average molecular weight is 458 g/mol. The van der Waals surface area contributed by atoms with E-state index in [1.807, 2.05) is 37.3 Å². The molecule has 0 saturated heterocycles. The zero-order chi connectivity index (χ0) is 21.0. The van der Waals surface area contributed by atoms with Crippen molar-refractivity contribution in [3.05, 3.63) is 70.0 Å². The second-order valence-corrected chi connectivity index (χ2v) is 7.12. The molecule has 3 rings (SSSR count). The molecule has 8 heteroatoms. The summed E-state index contributed by atoms with van der Waals surface area (Å²) < 4.78 is 12.6. The normalized spacial score (nSPS) is 10.5. The molecule has 1 N–H and O–H groups in total. The van der Waals surface area contributed by atoms with E-state index in [-0.39, 0.29) is 5.56 Å². The molecule has 29 heavy (non-hydrogen) atoms. The summed E-state index contributed by atoms with van der Waals surface area (Å²) in [6.45, 7) is 3.25. The smallest absolute Gasteiger partial charge is 0.339 e. The highest BCUT2D eigenvalue weighted by Crippen LogP contribution is 2.24. The van der Waals surface area contributed by atoms with Crippen LogP contribution in [0.5, 0.6) is 5.75 Å². The third-order valence-electron chi connectivity index (χ3n) is 4.28. The van der Waals surface area contributed by atoms with E-state index in [9.17, 15) is 9.59 Å². The number of rotatable bonds is 6. The molecule has 150 valence electrons. The van der Waals surface area contributed by atoms with Gasteiger partial charge in [-0.05, 0) is 60.1 Å². The topological polar surface area (TPSA) is 82.4 Å². The van der Waals surface area contributed by atoms with Crippen LogP contribution >= 0.6 is 15.9 Å². The number of nitrogens with zero attached hydrogens (tertiary/aromatic N) is 2. The molecule has 3 aromatic rings. The molecule has 0 fully saturated rings. The zero-order valence-corrected chi connectivity index (χ0v) is 17.8. The minimum Gasteiger partial charge on any atom is -0.497 e. The zero-order valence-electron chi connectivity index (χ0n) is 16.2. The second-order valence-electron chi connectivity index (χ2n) is 6.26. The van der Waals surface area contributed by atoms with Crippen LogP contribution in [0.3, 0.4) is 0 Å². The number of ether oxygens (including phenoxy) is 2. The van der Waals surface area contributed by atoms with Gasteiger partial charge in [0.05, 0.1) is 35.4 Å². The first-order chi connectivity index (χ1) is 13.9. The molecule has 0 atom stereocenters. The van der Waals surface area contributed by atoms with E-state index in [1.165, 1.54) is 7.11 Å². The number of carbonyl (C=O) groups excluding carboxylic acids is 2. The van der Waals surface area contributed by atoms with E-state index in [0.717, 1.165) is 11.4 Å². The van der Waals surface area contributed by atoms with Gasteiger partial charge in [0.15, 0.2) is 6.61 Å². The largest absolute Gasteiger partial charge is 0.497 e. The maximum absolute atomic E-state index is 12.3. The monoisotopic (exact) mass is 457 g/mol. The van der Waals surface area contributed by atoms with E-state index >= 15 is 0 Å². The van der Waals surface area contributed by atoms with Crippen molar-refractivity contribution in [1.82, 2.24) is 9.78 Å². The first kappa shape index (κ1) is 20.6. The van der Waals surface area contributed by atoms with E-state index < -0.39 is 18.5 Å². The average Bonchev–Trinajstić information content (AvgIpc) is 3.01. The SMILES string of the molecule is COc1ccc(Br)c(C(=O)OCC(=O)Nc2c(C)nn(-c3ccccc3)c2C)c1. The first-order valence-corrected chi connectivity index (χ1v) is 9.62. The van der Waals surface area contributed by atoms with Gasteiger partial charge in [0.25, 0.3) is 5.91 Å². The van der Waals surface area contributed by atoms with Crippen LogP contribution in [0.4, 0.5) is 5.69 Å². The molecule has 1 amide bonds. The number of anilines is 1. The van der Waals surface area contributed by atoms with Gasteiger partial charge in [-0.1, -0.05) is 18.2 Å². The molecule has 0 bridgehead atoms. The lowest BCUT2D eigenvalue weighted by Gasteiger charge is -2.09. The summed E-state index contributed by atoms with van der Waals surface area (Å²) in [6.07, 6.45) is 0. The van der Waals surface area contributed by atoms with Crippen LogP contribution in [-0.4, -0.2) is 35.4 Å². The van der Waals surface area contributed by atoms with Gasteiger partial charge >= 0.3 is 5.97 Å². The van der Waals surface area contributed by atoms with E-state index in [1.54, 1.807) is 29.8 Å². The van der Waals surface area contributed by atoms with Crippen molar-refractivity contribution >= 4 is 33.5 Å². The molecule has 0 saturated carbocycles. The Hall–Kier alpha value is -3.13. The van der Waals surface area contributed by atoms with Gasteiger partial charge in [-0.3, -0.25) is 4.79 Å². The van der Waals surface area contributed by atoms with Gasteiger partial charge in [-0.2, -0.15) is 5.10 Å². The van der Waals surface area contributed by atoms with Crippen LogP contribution in [0.25, 0.3) is 5.69 Å². The standard InChI is InChI=1S/C21H20BrN3O4/c1-13-20(14(2)25(24-13)15-7-5-4-6-8-15)23-19(26)12-29-21(27)17-11-16(28-3)9-10-18(17)22/h4-11H,12H2,1-3H3,(H,23,26). The van der Waals surface area contributed by atoms with Gasteiger partial charge in [-0.25, -0.2) is 9.48 Å². The number of halogens is 1. The number of benzene rings is 2. The summed E-state index contributed by atoms with van der Waals surface area (Å²) in [5.74, 6) is -0.556. The van der Waals surface area contributed by atoms with Crippen molar-refractivity contribution in [3.8, 4) is 11.4 Å². The second kappa shape index (κ2) is 8.91. The molecule has 1 heterocycles. The highest BCUT2D eigenvalue weighted by Gasteiger charge is 2.18. The summed E-state index contributed by atoms with van der Waals surface area (Å²) in [6, 6.07) is 14.6. The summed E-state index contributed by atoms with van der Waals surface area (Å²) in [5, 5.41) is 7.26. The minimum atomic E-state index is -0.626. The molecular weight excluding hydrogens is 438 g/mol. The number of aromatic nitrogens is 2. The fraction of sp³-hybridized carbons (Fsp3) is 0.190. The number of nitrogens with one attached hydrogen (secondary N) is 1. The molecule has 1 aromatic heterocycles. The molecular formula is C21H20BrN3O4. The fourth-order valence-corrected chi connectivity index (χ4v) is 3.22. The van der Waals surface area contributed by atoms with Crippen molar-refractivity contribution < 1.29 is 19.1 Å². The molecule has 0 radical (unpaired) electrons. The number of carbonyl (C=O) groups is 2. The van der Waals surface area contributed by atoms with Crippen molar-refractivity contribution in [2.24, 2.45) is 0 Å². The van der Waals surface area contributed by atoms with E-state index in [0.29, 0.717) is 21.6 Å². The van der Waals surface area contributed by atoms with Crippen molar-refractivity contribution in [3.63, 3.8) is 0 Å². The van der Waals surface area contributed by atoms with Crippen LogP contribution in [-0.2, 0) is 9.53 Å². The summed E-state index contributed by atoms with van der Waals surface area (Å²) >= 11 is 3.30. The Kier molecular flexibility index (Phi) is 6.33. The summed E-state index contributed by atoms with van der Waals surface area (Å²) in [4.78, 5) is 24.7. The van der Waals surface area contributed by atoms with Crippen molar-refractivity contribution in [2.45, 2.75) is 13.8 Å². The number of hydrogen-bond acceptors (Lipinski definition) is 5. The molecule has 0 spiro atoms. The van der Waals surface area contributed by atoms with Crippen molar-refractivity contribution in [2.75, 3.05) is 19.0 Å². The van der Waals surface area contributed by atoms with Crippen LogP contribution < -0.4 is 10.1 Å². The molecule has 0 aliphatic heterocycles. The minimum absolute atomic E-state index is 0.279. The summed E-state index contributed by atoms with van der Waals surface area (Å²) in [5.41, 5.74) is 3.22. The third kappa shape index (κ3) is 4.65. The molecule has 7 nitrogen and oxygen atoms in total. The van der Waals surface area contributed by atoms with Gasteiger partial charge in [0.2, 0.25) is 0 Å². The lowest BCUT2D eigenvalue weighted by Crippen LogP contribution is -2.21. The Morgan fingerprint density at radius 1 is 1.14 bits per heavy atom. The molecule has 0 aliphatic rings. The number of hydrogen-bond donors (Lipinski definition) is 1. The first-order valence-electron chi connectivity index (χ1n) is 8.83. The van der Waals surface area contributed by atoms with Gasteiger partial charge < -0.3 is 14.8 Å². The lowest BCUT2D eigenvalue weighted by atomic mass is 10.2. The molecule has 2 aromatic carbocycles. The maximum atomic E-state index is 12.3. The van der Waals surface area contributed by atoms with Crippen LogP contribution in [0.1, 0.15) is 21.7 Å². The quantitative estimate of drug-likeness (QED) is 0.564. The Bertz CT molecular complexity index is 1050. The Labute approximate surface area is 176 Å².